The van der Waals surface area contributed by atoms with E-state index >= 15 is 0 Å². The van der Waals surface area contributed by atoms with Gasteiger partial charge in [0.1, 0.15) is 5.01 Å². The monoisotopic (exact) mass is 226 g/mol. The number of hydrogen-bond donors (Lipinski definition) is 1. The van der Waals surface area contributed by atoms with E-state index in [1.165, 1.54) is 12.8 Å². The third-order valence-corrected chi connectivity index (χ3v) is 3.38. The lowest BCUT2D eigenvalue weighted by Crippen LogP contribution is -2.19. The number of aryl methyl sites for hydroxylation is 1. The third kappa shape index (κ3) is 4.28. The molecule has 0 spiro atoms. The molecule has 0 aliphatic heterocycles. The van der Waals surface area contributed by atoms with Crippen LogP contribution in [-0.2, 0) is 11.3 Å². The molecule has 0 amide bonds. The van der Waals surface area contributed by atoms with Crippen LogP contribution in [0.25, 0.3) is 0 Å². The van der Waals surface area contributed by atoms with E-state index in [-0.39, 0.29) is 0 Å². The molecule has 4 heteroatoms. The number of ether oxygens (including phenoxy) is 1. The highest BCUT2D eigenvalue weighted by molar-refractivity contribution is 7.09. The summed E-state index contributed by atoms with van der Waals surface area (Å²) in [5.41, 5.74) is 1.11. The predicted octanol–water partition coefficient (Wildman–Crippen LogP) is 1.97. The molecule has 0 radical (unpaired) electrons. The number of thiazole rings is 1. The van der Waals surface area contributed by atoms with Crippen LogP contribution in [0.1, 0.15) is 23.5 Å². The van der Waals surface area contributed by atoms with Crippen LogP contribution in [0.4, 0.5) is 0 Å². The standard InChI is InChI=1S/C11H18N2OS/c1-9-8-15-11(13-9)6-12-4-5-14-7-10-2-3-10/h8,10,12H,2-7H2,1H3. The largest absolute Gasteiger partial charge is 0.380 e. The molecular weight excluding hydrogens is 208 g/mol. The lowest BCUT2D eigenvalue weighted by molar-refractivity contribution is 0.126. The summed E-state index contributed by atoms with van der Waals surface area (Å²) in [6, 6.07) is 0. The Morgan fingerprint density at radius 2 is 2.47 bits per heavy atom. The van der Waals surface area contributed by atoms with Crippen LogP contribution < -0.4 is 5.32 Å². The molecule has 0 atom stereocenters. The van der Waals surface area contributed by atoms with Gasteiger partial charge in [-0.1, -0.05) is 0 Å². The molecule has 1 heterocycles. The summed E-state index contributed by atoms with van der Waals surface area (Å²) >= 11 is 1.71. The van der Waals surface area contributed by atoms with Crippen molar-refractivity contribution in [3.8, 4) is 0 Å². The molecule has 1 saturated carbocycles. The molecule has 1 aromatic rings. The minimum atomic E-state index is 0.820. The van der Waals surface area contributed by atoms with Gasteiger partial charge in [0.15, 0.2) is 0 Å². The first-order valence-corrected chi connectivity index (χ1v) is 6.42. The Balaban J connectivity index is 1.47. The van der Waals surface area contributed by atoms with Crippen molar-refractivity contribution >= 4 is 11.3 Å². The van der Waals surface area contributed by atoms with Crippen LogP contribution in [0.5, 0.6) is 0 Å². The van der Waals surface area contributed by atoms with Crippen molar-refractivity contribution in [3.63, 3.8) is 0 Å². The first-order chi connectivity index (χ1) is 7.34. The van der Waals surface area contributed by atoms with Crippen LogP contribution in [-0.4, -0.2) is 24.7 Å². The molecular formula is C11H18N2OS. The van der Waals surface area contributed by atoms with Gasteiger partial charge < -0.3 is 10.1 Å². The van der Waals surface area contributed by atoms with Gasteiger partial charge in [0.25, 0.3) is 0 Å². The van der Waals surface area contributed by atoms with E-state index in [1.54, 1.807) is 11.3 Å². The minimum absolute atomic E-state index is 0.820. The maximum absolute atomic E-state index is 5.52. The Morgan fingerprint density at radius 1 is 1.60 bits per heavy atom. The molecule has 1 aliphatic carbocycles. The summed E-state index contributed by atoms with van der Waals surface area (Å²) in [6.45, 7) is 5.59. The van der Waals surface area contributed by atoms with Crippen molar-refractivity contribution in [1.29, 1.82) is 0 Å². The molecule has 1 aliphatic rings. The Bertz CT molecular complexity index is 297. The molecule has 2 rings (SSSR count). The van der Waals surface area contributed by atoms with Gasteiger partial charge in [0, 0.05) is 30.8 Å². The first-order valence-electron chi connectivity index (χ1n) is 5.54. The van der Waals surface area contributed by atoms with E-state index in [4.69, 9.17) is 4.74 Å². The van der Waals surface area contributed by atoms with Crippen LogP contribution in [0.2, 0.25) is 0 Å². The summed E-state index contributed by atoms with van der Waals surface area (Å²) in [5, 5.41) is 6.58. The van der Waals surface area contributed by atoms with Gasteiger partial charge in [-0.05, 0) is 25.7 Å². The van der Waals surface area contributed by atoms with E-state index in [0.29, 0.717) is 0 Å². The number of nitrogens with one attached hydrogen (secondary N) is 1. The third-order valence-electron chi connectivity index (χ3n) is 2.42. The van der Waals surface area contributed by atoms with Gasteiger partial charge in [-0.3, -0.25) is 0 Å². The Hall–Kier alpha value is -0.450. The van der Waals surface area contributed by atoms with Gasteiger partial charge in [-0.15, -0.1) is 11.3 Å². The van der Waals surface area contributed by atoms with Crippen LogP contribution in [0.3, 0.4) is 0 Å². The van der Waals surface area contributed by atoms with Crippen LogP contribution in [0.15, 0.2) is 5.38 Å². The van der Waals surface area contributed by atoms with Crippen LogP contribution >= 0.6 is 11.3 Å². The van der Waals surface area contributed by atoms with E-state index in [2.05, 4.69) is 15.7 Å². The molecule has 1 N–H and O–H groups in total. The summed E-state index contributed by atoms with van der Waals surface area (Å²) in [7, 11) is 0. The average Bonchev–Trinajstić information content (AvgIpc) is 2.95. The molecule has 0 saturated heterocycles. The Kier molecular flexibility index (Phi) is 4.11. The lowest BCUT2D eigenvalue weighted by Gasteiger charge is -2.03. The molecule has 84 valence electrons. The van der Waals surface area contributed by atoms with Crippen LogP contribution in [0, 0.1) is 12.8 Å². The lowest BCUT2D eigenvalue weighted by atomic mass is 10.5. The van der Waals surface area contributed by atoms with Crippen molar-refractivity contribution in [2.24, 2.45) is 5.92 Å². The van der Waals surface area contributed by atoms with E-state index < -0.39 is 0 Å². The number of hydrogen-bond acceptors (Lipinski definition) is 4. The maximum atomic E-state index is 5.52. The topological polar surface area (TPSA) is 34.1 Å². The number of rotatable bonds is 7. The van der Waals surface area contributed by atoms with Crippen molar-refractivity contribution in [3.05, 3.63) is 16.1 Å². The Morgan fingerprint density at radius 3 is 3.13 bits per heavy atom. The van der Waals surface area contributed by atoms with Crippen molar-refractivity contribution in [2.75, 3.05) is 19.8 Å². The zero-order valence-corrected chi connectivity index (χ0v) is 9.98. The average molecular weight is 226 g/mol. The Labute approximate surface area is 94.9 Å². The van der Waals surface area contributed by atoms with Crippen molar-refractivity contribution < 1.29 is 4.74 Å². The molecule has 0 bridgehead atoms. The first kappa shape index (κ1) is 11.0. The fraction of sp³-hybridized carbons (Fsp3) is 0.727. The van der Waals surface area contributed by atoms with E-state index in [9.17, 15) is 0 Å². The molecule has 1 fully saturated rings. The van der Waals surface area contributed by atoms with Gasteiger partial charge in [-0.2, -0.15) is 0 Å². The zero-order valence-electron chi connectivity index (χ0n) is 9.16. The molecule has 15 heavy (non-hydrogen) atoms. The zero-order chi connectivity index (χ0) is 10.5. The highest BCUT2D eigenvalue weighted by Crippen LogP contribution is 2.28. The SMILES string of the molecule is Cc1csc(CNCCOCC2CC2)n1. The van der Waals surface area contributed by atoms with Crippen molar-refractivity contribution in [1.82, 2.24) is 10.3 Å². The highest BCUT2D eigenvalue weighted by atomic mass is 32.1. The number of aromatic nitrogens is 1. The second-order valence-electron chi connectivity index (χ2n) is 4.08. The highest BCUT2D eigenvalue weighted by Gasteiger charge is 2.20. The molecule has 3 nitrogen and oxygen atoms in total. The number of nitrogens with zero attached hydrogens (tertiary/aromatic N) is 1. The van der Waals surface area contributed by atoms with Gasteiger partial charge in [0.05, 0.1) is 6.61 Å². The van der Waals surface area contributed by atoms with Gasteiger partial charge in [-0.25, -0.2) is 4.98 Å². The maximum Gasteiger partial charge on any atom is 0.107 e. The molecule has 1 aromatic heterocycles. The summed E-state index contributed by atoms with van der Waals surface area (Å²) in [5.74, 6) is 0.867. The normalized spacial score (nSPS) is 15.8. The summed E-state index contributed by atoms with van der Waals surface area (Å²) in [4.78, 5) is 4.38. The molecule has 0 aromatic carbocycles. The van der Waals surface area contributed by atoms with E-state index in [1.807, 2.05) is 6.92 Å². The summed E-state index contributed by atoms with van der Waals surface area (Å²) in [6.07, 6.45) is 2.73. The quantitative estimate of drug-likeness (QED) is 0.722. The van der Waals surface area contributed by atoms with Crippen molar-refractivity contribution in [2.45, 2.75) is 26.3 Å². The predicted molar refractivity (Wildman–Crippen MR) is 62.1 cm³/mol. The summed E-state index contributed by atoms with van der Waals surface area (Å²) < 4.78 is 5.52. The van der Waals surface area contributed by atoms with E-state index in [0.717, 1.165) is 42.9 Å². The molecule has 0 unspecified atom stereocenters. The second-order valence-corrected chi connectivity index (χ2v) is 5.02. The second kappa shape index (κ2) is 5.58. The fourth-order valence-electron chi connectivity index (χ4n) is 1.36. The van der Waals surface area contributed by atoms with Gasteiger partial charge >= 0.3 is 0 Å². The fourth-order valence-corrected chi connectivity index (χ4v) is 2.10. The smallest absolute Gasteiger partial charge is 0.107 e. The minimum Gasteiger partial charge on any atom is -0.380 e. The van der Waals surface area contributed by atoms with Gasteiger partial charge in [0.2, 0.25) is 0 Å².